The van der Waals surface area contributed by atoms with Crippen LogP contribution in [0.2, 0.25) is 50.9 Å². The average molecular weight is 414 g/mol. The van der Waals surface area contributed by atoms with E-state index in [9.17, 15) is 0 Å². The van der Waals surface area contributed by atoms with Gasteiger partial charge < -0.3 is 0 Å². The normalized spacial score (nSPS) is 14.8. The fourth-order valence-electron chi connectivity index (χ4n) is 2.93. The van der Waals surface area contributed by atoms with Gasteiger partial charge in [0.1, 0.15) is 0 Å². The van der Waals surface area contributed by atoms with E-state index in [0.29, 0.717) is 0 Å². The third-order valence-electron chi connectivity index (χ3n) is 2.02. The second-order valence-electron chi connectivity index (χ2n) is 7.64. The van der Waals surface area contributed by atoms with Gasteiger partial charge in [-0.3, -0.25) is 0 Å². The Kier molecular flexibility index (Phi) is 5.43. The Morgan fingerprint density at radius 3 is 1.08 bits per heavy atom. The van der Waals surface area contributed by atoms with Gasteiger partial charge in [-0.15, -0.1) is 0 Å². The molecule has 0 aliphatic carbocycles. The molecule has 0 heterocycles. The van der Waals surface area contributed by atoms with E-state index in [4.69, 9.17) is 0 Å². The fraction of sp³-hybridized carbons (Fsp3) is 1.00. The van der Waals surface area contributed by atoms with Crippen LogP contribution < -0.4 is 0 Å². The SMILES string of the molecule is C[Si](C)([CH2][Sn]([CH3])([CH3])[CH3])[CH2][Sn]([CH3])([CH3])[CH3]. The number of hydrogen-bond donors (Lipinski definition) is 0. The molecule has 0 atom stereocenters. The molecule has 0 amide bonds. The van der Waals surface area contributed by atoms with Gasteiger partial charge in [0.2, 0.25) is 0 Å². The van der Waals surface area contributed by atoms with E-state index in [1.807, 2.05) is 0 Å². The van der Waals surface area contributed by atoms with Crippen molar-refractivity contribution in [2.75, 3.05) is 0 Å². The molecule has 80 valence electrons. The summed E-state index contributed by atoms with van der Waals surface area (Å²) in [5, 5.41) is 0. The standard InChI is InChI=1S/C4H10Si.6CH3.2Sn/c1-5(2,3)4;;;;;;;;/h1-2H2,3-4H3;6*1H3;;. The summed E-state index contributed by atoms with van der Waals surface area (Å²) in [6.07, 6.45) is 0. The van der Waals surface area contributed by atoms with E-state index in [0.717, 1.165) is 0 Å². The molecule has 3 heteroatoms. The summed E-state index contributed by atoms with van der Waals surface area (Å²) in [7, 11) is -0.787. The topological polar surface area (TPSA) is 0 Å². The van der Waals surface area contributed by atoms with Crippen LogP contribution in [0.5, 0.6) is 0 Å². The predicted molar refractivity (Wildman–Crippen MR) is 73.8 cm³/mol. The van der Waals surface area contributed by atoms with Gasteiger partial charge in [-0.2, -0.15) is 0 Å². The molecule has 0 bridgehead atoms. The molecule has 0 N–H and O–H groups in total. The van der Waals surface area contributed by atoms with Crippen LogP contribution in [0, 0.1) is 0 Å². The van der Waals surface area contributed by atoms with Crippen LogP contribution >= 0.6 is 0 Å². The molecule has 0 aromatic carbocycles. The van der Waals surface area contributed by atoms with Crippen LogP contribution in [0.25, 0.3) is 0 Å². The van der Waals surface area contributed by atoms with E-state index in [1.165, 1.54) is 0 Å². The molecule has 0 unspecified atom stereocenters. The van der Waals surface area contributed by atoms with Gasteiger partial charge in [-0.05, 0) is 0 Å². The van der Waals surface area contributed by atoms with Crippen LogP contribution in [0.1, 0.15) is 0 Å². The number of hydrogen-bond acceptors (Lipinski definition) is 0. The Morgan fingerprint density at radius 1 is 0.692 bits per heavy atom. The van der Waals surface area contributed by atoms with Crippen molar-refractivity contribution in [3.05, 3.63) is 0 Å². The van der Waals surface area contributed by atoms with Gasteiger partial charge in [-0.25, -0.2) is 0 Å². The summed E-state index contributed by atoms with van der Waals surface area (Å²) in [6, 6.07) is 0. The van der Waals surface area contributed by atoms with Crippen molar-refractivity contribution in [1.82, 2.24) is 0 Å². The summed E-state index contributed by atoms with van der Waals surface area (Å²) in [4.78, 5) is 15.6. The Morgan fingerprint density at radius 2 is 0.923 bits per heavy atom. The first-order valence-electron chi connectivity index (χ1n) is 5.41. The zero-order valence-electron chi connectivity index (χ0n) is 10.9. The molecular weight excluding hydrogens is 386 g/mol. The van der Waals surface area contributed by atoms with Gasteiger partial charge in [0.15, 0.2) is 0 Å². The molecule has 0 aromatic heterocycles. The van der Waals surface area contributed by atoms with Crippen molar-refractivity contribution < 1.29 is 0 Å². The van der Waals surface area contributed by atoms with Crippen molar-refractivity contribution >= 4 is 44.8 Å². The van der Waals surface area contributed by atoms with Crippen molar-refractivity contribution in [2.45, 2.75) is 50.9 Å². The maximum atomic E-state index is 2.64. The first kappa shape index (κ1) is 14.8. The Hall–Kier alpha value is 1.81. The number of rotatable bonds is 4. The molecule has 0 nitrogen and oxygen atoms in total. The van der Waals surface area contributed by atoms with Gasteiger partial charge in [0, 0.05) is 0 Å². The average Bonchev–Trinajstić information content (AvgIpc) is 1.43. The van der Waals surface area contributed by atoms with Crippen molar-refractivity contribution in [3.63, 3.8) is 0 Å². The zero-order chi connectivity index (χ0) is 10.9. The van der Waals surface area contributed by atoms with Gasteiger partial charge in [0.05, 0.1) is 0 Å². The van der Waals surface area contributed by atoms with E-state index < -0.39 is 44.8 Å². The van der Waals surface area contributed by atoms with Crippen LogP contribution in [0.4, 0.5) is 0 Å². The van der Waals surface area contributed by atoms with Crippen molar-refractivity contribution in [1.29, 1.82) is 0 Å². The third-order valence-corrected chi connectivity index (χ3v) is 40.6. The molecular formula is C10H28SiSn2. The van der Waals surface area contributed by atoms with Crippen LogP contribution in [0.3, 0.4) is 0 Å². The summed E-state index contributed by atoms with van der Waals surface area (Å²) in [5.74, 6) is 0. The van der Waals surface area contributed by atoms with Crippen molar-refractivity contribution in [2.24, 2.45) is 0 Å². The summed E-state index contributed by atoms with van der Waals surface area (Å²) in [6.45, 7) is 5.27. The second-order valence-corrected chi connectivity index (χ2v) is 48.0. The molecule has 0 spiro atoms. The van der Waals surface area contributed by atoms with Gasteiger partial charge >= 0.3 is 95.7 Å². The monoisotopic (exact) mass is 416 g/mol. The quantitative estimate of drug-likeness (QED) is 0.597. The molecule has 0 fully saturated rings. The van der Waals surface area contributed by atoms with Gasteiger partial charge in [0.25, 0.3) is 0 Å². The molecule has 0 aliphatic rings. The Balaban J connectivity index is 4.25. The summed E-state index contributed by atoms with van der Waals surface area (Å²) < 4.78 is 3.41. The van der Waals surface area contributed by atoms with Crippen LogP contribution in [0.15, 0.2) is 0 Å². The summed E-state index contributed by atoms with van der Waals surface area (Å²) >= 11 is -2.97. The second kappa shape index (κ2) is 4.77. The van der Waals surface area contributed by atoms with E-state index in [1.54, 1.807) is 8.12 Å². The van der Waals surface area contributed by atoms with Crippen LogP contribution in [-0.2, 0) is 0 Å². The molecule has 0 aromatic rings. The molecule has 0 radical (unpaired) electrons. The molecule has 0 aliphatic heterocycles. The van der Waals surface area contributed by atoms with Crippen LogP contribution in [-0.4, -0.2) is 44.8 Å². The maximum absolute atomic E-state index is 2.64. The molecule has 0 saturated carbocycles. The van der Waals surface area contributed by atoms with Crippen molar-refractivity contribution in [3.8, 4) is 0 Å². The minimum absolute atomic E-state index is 0.787. The van der Waals surface area contributed by atoms with E-state index >= 15 is 0 Å². The molecule has 0 rings (SSSR count). The third kappa shape index (κ3) is 10.1. The zero-order valence-corrected chi connectivity index (χ0v) is 17.6. The fourth-order valence-corrected chi connectivity index (χ4v) is 66.2. The predicted octanol–water partition coefficient (Wildman–Crippen LogP) is 4.45. The first-order chi connectivity index (χ1) is 5.41. The van der Waals surface area contributed by atoms with E-state index in [2.05, 4.69) is 42.7 Å². The van der Waals surface area contributed by atoms with E-state index in [-0.39, 0.29) is 0 Å². The molecule has 0 saturated heterocycles. The van der Waals surface area contributed by atoms with Gasteiger partial charge in [-0.1, -0.05) is 0 Å². The Bertz CT molecular complexity index is 145. The first-order valence-corrected chi connectivity index (χ1v) is 30.0. The summed E-state index contributed by atoms with van der Waals surface area (Å²) in [5.41, 5.74) is 0. The Labute approximate surface area is 94.6 Å². The molecule has 13 heavy (non-hydrogen) atoms. The minimum atomic E-state index is -1.49.